The summed E-state index contributed by atoms with van der Waals surface area (Å²) in [7, 11) is 0. The van der Waals surface area contributed by atoms with Crippen molar-refractivity contribution in [3.63, 3.8) is 0 Å². The molecule has 3 saturated carbocycles. The van der Waals surface area contributed by atoms with Gasteiger partial charge in [0.25, 0.3) is 0 Å². The SMILES string of the molecule is CCCCCCCCCCCCCCCCCCCC(=O)O[C@H]1CC[C@H]2[C@@H]3CCC4=CC(=O)CC[C@]4(C)[C@H]3CC[C@]12C. The average molecular weight is 583 g/mol. The molecule has 3 heteroatoms. The lowest BCUT2D eigenvalue weighted by molar-refractivity contribution is -0.160. The minimum absolute atomic E-state index is 0.0524. The molecule has 6 atom stereocenters. The summed E-state index contributed by atoms with van der Waals surface area (Å²) < 4.78 is 6.24. The van der Waals surface area contributed by atoms with Crippen LogP contribution in [0.2, 0.25) is 0 Å². The van der Waals surface area contributed by atoms with Crippen molar-refractivity contribution in [2.75, 3.05) is 0 Å². The first-order valence-corrected chi connectivity index (χ1v) is 18.8. The van der Waals surface area contributed by atoms with Gasteiger partial charge in [-0.2, -0.15) is 0 Å². The number of carbonyl (C=O) groups excluding carboxylic acids is 2. The number of hydrogen-bond donors (Lipinski definition) is 0. The fourth-order valence-corrected chi connectivity index (χ4v) is 9.92. The number of allylic oxidation sites excluding steroid dienone is 1. The van der Waals surface area contributed by atoms with Crippen LogP contribution in [0.3, 0.4) is 0 Å². The molecule has 4 aliphatic rings. The minimum Gasteiger partial charge on any atom is -0.462 e. The largest absolute Gasteiger partial charge is 0.462 e. The monoisotopic (exact) mass is 583 g/mol. The Bertz CT molecular complexity index is 875. The number of esters is 1. The molecule has 0 aliphatic heterocycles. The van der Waals surface area contributed by atoms with E-state index in [-0.39, 0.29) is 22.9 Å². The van der Waals surface area contributed by atoms with Crippen molar-refractivity contribution in [1.29, 1.82) is 0 Å². The van der Waals surface area contributed by atoms with Gasteiger partial charge in [0.15, 0.2) is 5.78 Å². The fraction of sp³-hybridized carbons (Fsp3) is 0.897. The quantitative estimate of drug-likeness (QED) is 0.112. The van der Waals surface area contributed by atoms with E-state index in [1.807, 2.05) is 6.08 Å². The lowest BCUT2D eigenvalue weighted by Gasteiger charge is -2.57. The summed E-state index contributed by atoms with van der Waals surface area (Å²) in [6, 6.07) is 0. The molecular weight excluding hydrogens is 516 g/mol. The molecule has 0 amide bonds. The van der Waals surface area contributed by atoms with E-state index >= 15 is 0 Å². The van der Waals surface area contributed by atoms with Crippen LogP contribution in [-0.4, -0.2) is 17.9 Å². The molecule has 0 radical (unpaired) electrons. The van der Waals surface area contributed by atoms with E-state index < -0.39 is 0 Å². The van der Waals surface area contributed by atoms with Gasteiger partial charge in [-0.3, -0.25) is 9.59 Å². The van der Waals surface area contributed by atoms with E-state index in [4.69, 9.17) is 4.74 Å². The van der Waals surface area contributed by atoms with Gasteiger partial charge < -0.3 is 4.74 Å². The van der Waals surface area contributed by atoms with Crippen molar-refractivity contribution >= 4 is 11.8 Å². The van der Waals surface area contributed by atoms with Gasteiger partial charge in [-0.15, -0.1) is 0 Å². The summed E-state index contributed by atoms with van der Waals surface area (Å²) in [6.45, 7) is 7.18. The molecule has 0 N–H and O–H groups in total. The first kappa shape index (κ1) is 33.8. The Morgan fingerprint density at radius 2 is 1.29 bits per heavy atom. The number of unbranched alkanes of at least 4 members (excludes halogenated alkanes) is 16. The highest BCUT2D eigenvalue weighted by Crippen LogP contribution is 2.65. The Hall–Kier alpha value is -1.12. The molecule has 4 aliphatic carbocycles. The maximum atomic E-state index is 12.9. The lowest BCUT2D eigenvalue weighted by atomic mass is 9.47. The van der Waals surface area contributed by atoms with Crippen LogP contribution >= 0.6 is 0 Å². The standard InChI is InChI=1S/C39H66O3/c1-4-5-6-7-8-9-10-11-12-13-14-15-16-17-18-19-20-21-37(41)42-36-25-24-34-33-23-22-31-30-32(40)26-28-38(31,2)35(33)27-29-39(34,36)3/h30,33-36H,4-29H2,1-3H3/t33-,34-,35-,36-,38-,39-/m0/s1. The van der Waals surface area contributed by atoms with Crippen LogP contribution in [0.25, 0.3) is 0 Å². The summed E-state index contributed by atoms with van der Waals surface area (Å²) in [5, 5.41) is 0. The zero-order valence-corrected chi connectivity index (χ0v) is 28.0. The van der Waals surface area contributed by atoms with Crippen LogP contribution in [-0.2, 0) is 14.3 Å². The molecule has 3 fully saturated rings. The molecule has 0 aromatic rings. The van der Waals surface area contributed by atoms with Gasteiger partial charge in [-0.25, -0.2) is 0 Å². The van der Waals surface area contributed by atoms with Crippen molar-refractivity contribution in [2.45, 2.75) is 194 Å². The highest BCUT2D eigenvalue weighted by molar-refractivity contribution is 5.91. The molecule has 0 saturated heterocycles. The van der Waals surface area contributed by atoms with Gasteiger partial charge in [0.05, 0.1) is 0 Å². The molecule has 0 spiro atoms. The van der Waals surface area contributed by atoms with Crippen molar-refractivity contribution in [1.82, 2.24) is 0 Å². The zero-order valence-electron chi connectivity index (χ0n) is 28.0. The van der Waals surface area contributed by atoms with Crippen molar-refractivity contribution < 1.29 is 14.3 Å². The topological polar surface area (TPSA) is 43.4 Å². The van der Waals surface area contributed by atoms with Crippen molar-refractivity contribution in [2.24, 2.45) is 28.6 Å². The van der Waals surface area contributed by atoms with Crippen molar-refractivity contribution in [3.8, 4) is 0 Å². The van der Waals surface area contributed by atoms with E-state index in [0.29, 0.717) is 24.0 Å². The van der Waals surface area contributed by atoms with E-state index in [2.05, 4.69) is 20.8 Å². The summed E-state index contributed by atoms with van der Waals surface area (Å²) in [6.07, 6.45) is 34.6. The first-order chi connectivity index (χ1) is 20.4. The number of rotatable bonds is 19. The summed E-state index contributed by atoms with van der Waals surface area (Å²) in [5.74, 6) is 2.50. The third-order valence-corrected chi connectivity index (χ3v) is 12.6. The molecule has 0 bridgehead atoms. The molecule has 3 nitrogen and oxygen atoms in total. The van der Waals surface area contributed by atoms with Gasteiger partial charge in [0.1, 0.15) is 6.10 Å². The molecule has 0 aromatic carbocycles. The molecule has 0 heterocycles. The highest BCUT2D eigenvalue weighted by atomic mass is 16.5. The maximum absolute atomic E-state index is 12.9. The van der Waals surface area contributed by atoms with Gasteiger partial charge in [0, 0.05) is 18.3 Å². The maximum Gasteiger partial charge on any atom is 0.306 e. The second-order valence-corrected chi connectivity index (χ2v) is 15.5. The Labute approximate surface area is 259 Å². The Kier molecular flexibility index (Phi) is 13.5. The predicted molar refractivity (Wildman–Crippen MR) is 175 cm³/mol. The van der Waals surface area contributed by atoms with Crippen LogP contribution in [0.1, 0.15) is 188 Å². The molecule has 0 unspecified atom stereocenters. The summed E-state index contributed by atoms with van der Waals surface area (Å²) in [4.78, 5) is 25.0. The number of ether oxygens (including phenoxy) is 1. The average Bonchev–Trinajstić information content (AvgIpc) is 3.30. The van der Waals surface area contributed by atoms with Gasteiger partial charge in [-0.05, 0) is 80.6 Å². The summed E-state index contributed by atoms with van der Waals surface area (Å²) in [5.41, 5.74) is 1.81. The summed E-state index contributed by atoms with van der Waals surface area (Å²) >= 11 is 0. The third-order valence-electron chi connectivity index (χ3n) is 12.6. The normalized spacial score (nSPS) is 32.2. The van der Waals surface area contributed by atoms with E-state index in [1.54, 1.807) is 0 Å². The molecule has 4 rings (SSSR count). The van der Waals surface area contributed by atoms with Crippen LogP contribution in [0.4, 0.5) is 0 Å². The molecule has 240 valence electrons. The third kappa shape index (κ3) is 8.74. The van der Waals surface area contributed by atoms with Crippen molar-refractivity contribution in [3.05, 3.63) is 11.6 Å². The van der Waals surface area contributed by atoms with E-state index in [1.165, 1.54) is 134 Å². The van der Waals surface area contributed by atoms with Crippen LogP contribution < -0.4 is 0 Å². The fourth-order valence-electron chi connectivity index (χ4n) is 9.92. The second-order valence-electron chi connectivity index (χ2n) is 15.5. The van der Waals surface area contributed by atoms with Gasteiger partial charge >= 0.3 is 5.97 Å². The predicted octanol–water partition coefficient (Wildman–Crippen LogP) is 11.5. The Balaban J connectivity index is 1.03. The van der Waals surface area contributed by atoms with Crippen LogP contribution in [0.15, 0.2) is 11.6 Å². The molecule has 0 aromatic heterocycles. The molecular formula is C39H66O3. The Morgan fingerprint density at radius 3 is 1.88 bits per heavy atom. The number of hydrogen-bond acceptors (Lipinski definition) is 3. The zero-order chi connectivity index (χ0) is 29.8. The van der Waals surface area contributed by atoms with E-state index in [9.17, 15) is 9.59 Å². The smallest absolute Gasteiger partial charge is 0.306 e. The van der Waals surface area contributed by atoms with Crippen LogP contribution in [0, 0.1) is 28.6 Å². The first-order valence-electron chi connectivity index (χ1n) is 18.8. The molecule has 42 heavy (non-hydrogen) atoms. The lowest BCUT2D eigenvalue weighted by Crippen LogP contribution is -2.51. The number of fused-ring (bicyclic) bond motifs is 5. The van der Waals surface area contributed by atoms with Crippen LogP contribution in [0.5, 0.6) is 0 Å². The number of ketones is 1. The Morgan fingerprint density at radius 1 is 0.714 bits per heavy atom. The van der Waals surface area contributed by atoms with Gasteiger partial charge in [-0.1, -0.05) is 129 Å². The number of carbonyl (C=O) groups is 2. The second kappa shape index (κ2) is 16.8. The minimum atomic E-state index is 0.0524. The van der Waals surface area contributed by atoms with Gasteiger partial charge in [0.2, 0.25) is 0 Å². The van der Waals surface area contributed by atoms with E-state index in [0.717, 1.165) is 38.0 Å². The highest BCUT2D eigenvalue weighted by Gasteiger charge is 2.59.